The molecule has 1 heterocycles. The summed E-state index contributed by atoms with van der Waals surface area (Å²) in [4.78, 5) is 8.25. The van der Waals surface area contributed by atoms with E-state index in [1.165, 1.54) is 12.4 Å². The molecule has 3 heteroatoms. The smallest absolute Gasteiger partial charge is 0.134 e. The molecule has 0 N–H and O–H groups in total. The van der Waals surface area contributed by atoms with Crippen molar-refractivity contribution in [2.75, 3.05) is 0 Å². The summed E-state index contributed by atoms with van der Waals surface area (Å²) in [6.45, 7) is 6.05. The van der Waals surface area contributed by atoms with Gasteiger partial charge in [-0.2, -0.15) is 0 Å². The van der Waals surface area contributed by atoms with Crippen LogP contribution in [0.3, 0.4) is 0 Å². The highest BCUT2D eigenvalue weighted by atomic mass is 19.1. The SMILES string of the molecule is CC(C)(C)c1ncnc2cccc(F)c12. The molecule has 15 heavy (non-hydrogen) atoms. The fourth-order valence-electron chi connectivity index (χ4n) is 1.64. The van der Waals surface area contributed by atoms with E-state index < -0.39 is 0 Å². The van der Waals surface area contributed by atoms with Crippen LogP contribution in [-0.2, 0) is 5.41 Å². The van der Waals surface area contributed by atoms with Gasteiger partial charge in [-0.15, -0.1) is 0 Å². The summed E-state index contributed by atoms with van der Waals surface area (Å²) in [6, 6.07) is 4.91. The highest BCUT2D eigenvalue weighted by Crippen LogP contribution is 2.28. The Kier molecular flexibility index (Phi) is 2.18. The molecule has 2 rings (SSSR count). The van der Waals surface area contributed by atoms with Gasteiger partial charge in [0.1, 0.15) is 12.1 Å². The molecule has 2 nitrogen and oxygen atoms in total. The van der Waals surface area contributed by atoms with E-state index in [-0.39, 0.29) is 11.2 Å². The van der Waals surface area contributed by atoms with Gasteiger partial charge in [-0.05, 0) is 12.1 Å². The van der Waals surface area contributed by atoms with Crippen molar-refractivity contribution in [1.82, 2.24) is 9.97 Å². The van der Waals surface area contributed by atoms with Crippen LogP contribution in [-0.4, -0.2) is 9.97 Å². The Morgan fingerprint density at radius 3 is 2.53 bits per heavy atom. The monoisotopic (exact) mass is 204 g/mol. The summed E-state index contributed by atoms with van der Waals surface area (Å²) in [5.41, 5.74) is 1.24. The van der Waals surface area contributed by atoms with Gasteiger partial charge < -0.3 is 0 Å². The number of nitrogens with zero attached hydrogens (tertiary/aromatic N) is 2. The maximum Gasteiger partial charge on any atom is 0.134 e. The third kappa shape index (κ3) is 1.69. The summed E-state index contributed by atoms with van der Waals surface area (Å²) >= 11 is 0. The predicted molar refractivity (Wildman–Crippen MR) is 58.2 cm³/mol. The Labute approximate surface area is 88.2 Å². The van der Waals surface area contributed by atoms with Crippen molar-refractivity contribution in [3.05, 3.63) is 36.0 Å². The average molecular weight is 204 g/mol. The quantitative estimate of drug-likeness (QED) is 0.659. The fourth-order valence-corrected chi connectivity index (χ4v) is 1.64. The Morgan fingerprint density at radius 1 is 1.13 bits per heavy atom. The summed E-state index contributed by atoms with van der Waals surface area (Å²) in [7, 11) is 0. The van der Waals surface area contributed by atoms with E-state index in [0.29, 0.717) is 10.9 Å². The summed E-state index contributed by atoms with van der Waals surface area (Å²) in [5.74, 6) is -0.252. The van der Waals surface area contributed by atoms with Crippen molar-refractivity contribution in [2.45, 2.75) is 26.2 Å². The van der Waals surface area contributed by atoms with Gasteiger partial charge in [-0.3, -0.25) is 0 Å². The second kappa shape index (κ2) is 3.26. The molecule has 1 aromatic carbocycles. The second-order valence-electron chi connectivity index (χ2n) is 4.61. The molecule has 0 spiro atoms. The van der Waals surface area contributed by atoms with Crippen molar-refractivity contribution in [2.24, 2.45) is 0 Å². The molecule has 0 bridgehead atoms. The van der Waals surface area contributed by atoms with Gasteiger partial charge in [0.05, 0.1) is 16.6 Å². The Morgan fingerprint density at radius 2 is 1.87 bits per heavy atom. The molecular weight excluding hydrogens is 191 g/mol. The average Bonchev–Trinajstić information content (AvgIpc) is 2.16. The van der Waals surface area contributed by atoms with Gasteiger partial charge >= 0.3 is 0 Å². The van der Waals surface area contributed by atoms with Crippen molar-refractivity contribution in [1.29, 1.82) is 0 Å². The summed E-state index contributed by atoms with van der Waals surface area (Å²) in [5, 5.41) is 0.535. The number of fused-ring (bicyclic) bond motifs is 1. The van der Waals surface area contributed by atoms with Crippen LogP contribution in [0, 0.1) is 5.82 Å². The fraction of sp³-hybridized carbons (Fsp3) is 0.333. The van der Waals surface area contributed by atoms with Crippen molar-refractivity contribution in [3.8, 4) is 0 Å². The first-order chi connectivity index (χ1) is 7.00. The van der Waals surface area contributed by atoms with E-state index in [0.717, 1.165) is 5.69 Å². The van der Waals surface area contributed by atoms with Crippen molar-refractivity contribution < 1.29 is 4.39 Å². The maximum absolute atomic E-state index is 13.7. The minimum Gasteiger partial charge on any atom is -0.240 e. The molecule has 0 fully saturated rings. The summed E-state index contributed by atoms with van der Waals surface area (Å²) < 4.78 is 13.7. The molecule has 1 aromatic heterocycles. The lowest BCUT2D eigenvalue weighted by Gasteiger charge is -2.19. The predicted octanol–water partition coefficient (Wildman–Crippen LogP) is 3.07. The zero-order valence-electron chi connectivity index (χ0n) is 9.08. The molecule has 0 unspecified atom stereocenters. The number of hydrogen-bond donors (Lipinski definition) is 0. The zero-order valence-corrected chi connectivity index (χ0v) is 9.08. The molecule has 0 aliphatic heterocycles. The third-order valence-electron chi connectivity index (χ3n) is 2.32. The van der Waals surface area contributed by atoms with Crippen LogP contribution >= 0.6 is 0 Å². The number of benzene rings is 1. The zero-order chi connectivity index (χ0) is 11.1. The molecule has 0 saturated carbocycles. The molecular formula is C12H13FN2. The van der Waals surface area contributed by atoms with Crippen LogP contribution < -0.4 is 0 Å². The Balaban J connectivity index is 2.86. The first kappa shape index (κ1) is 10.0. The van der Waals surface area contributed by atoms with Gasteiger partial charge in [-0.1, -0.05) is 26.8 Å². The van der Waals surface area contributed by atoms with E-state index in [4.69, 9.17) is 0 Å². The van der Waals surface area contributed by atoms with Crippen LogP contribution in [0.1, 0.15) is 26.5 Å². The van der Waals surface area contributed by atoms with E-state index >= 15 is 0 Å². The minimum atomic E-state index is -0.252. The van der Waals surface area contributed by atoms with Gasteiger partial charge in [0.2, 0.25) is 0 Å². The van der Waals surface area contributed by atoms with Gasteiger partial charge in [0.25, 0.3) is 0 Å². The normalized spacial score (nSPS) is 12.0. The van der Waals surface area contributed by atoms with Crippen LogP contribution in [0.2, 0.25) is 0 Å². The van der Waals surface area contributed by atoms with Gasteiger partial charge in [0, 0.05) is 5.41 Å². The number of halogens is 1. The molecule has 0 aliphatic carbocycles. The standard InChI is InChI=1S/C12H13FN2/c1-12(2,3)11-10-8(13)5-4-6-9(10)14-7-15-11/h4-7H,1-3H3. The molecule has 78 valence electrons. The number of rotatable bonds is 0. The second-order valence-corrected chi connectivity index (χ2v) is 4.61. The lowest BCUT2D eigenvalue weighted by Crippen LogP contribution is -2.15. The van der Waals surface area contributed by atoms with Crippen LogP contribution in [0.25, 0.3) is 10.9 Å². The maximum atomic E-state index is 13.7. The van der Waals surface area contributed by atoms with Crippen LogP contribution in [0.5, 0.6) is 0 Å². The number of hydrogen-bond acceptors (Lipinski definition) is 2. The molecule has 0 amide bonds. The van der Waals surface area contributed by atoms with E-state index in [9.17, 15) is 4.39 Å². The first-order valence-electron chi connectivity index (χ1n) is 4.90. The van der Waals surface area contributed by atoms with Crippen molar-refractivity contribution >= 4 is 10.9 Å². The number of aromatic nitrogens is 2. The topological polar surface area (TPSA) is 25.8 Å². The van der Waals surface area contributed by atoms with E-state index in [1.54, 1.807) is 12.1 Å². The Hall–Kier alpha value is -1.51. The molecule has 0 saturated heterocycles. The van der Waals surface area contributed by atoms with Gasteiger partial charge in [-0.25, -0.2) is 14.4 Å². The molecule has 0 radical (unpaired) electrons. The minimum absolute atomic E-state index is 0.177. The van der Waals surface area contributed by atoms with Crippen molar-refractivity contribution in [3.63, 3.8) is 0 Å². The Bertz CT molecular complexity index is 495. The highest BCUT2D eigenvalue weighted by Gasteiger charge is 2.20. The first-order valence-corrected chi connectivity index (χ1v) is 4.90. The highest BCUT2D eigenvalue weighted by molar-refractivity contribution is 5.82. The molecule has 0 aliphatic rings. The van der Waals surface area contributed by atoms with Crippen LogP contribution in [0.4, 0.5) is 4.39 Å². The van der Waals surface area contributed by atoms with Gasteiger partial charge in [0.15, 0.2) is 0 Å². The molecule has 2 aromatic rings. The third-order valence-corrected chi connectivity index (χ3v) is 2.32. The molecule has 0 atom stereocenters. The van der Waals surface area contributed by atoms with Crippen LogP contribution in [0.15, 0.2) is 24.5 Å². The van der Waals surface area contributed by atoms with E-state index in [2.05, 4.69) is 9.97 Å². The lowest BCUT2D eigenvalue weighted by molar-refractivity contribution is 0.566. The lowest BCUT2D eigenvalue weighted by atomic mass is 9.89. The summed E-state index contributed by atoms with van der Waals surface area (Å²) in [6.07, 6.45) is 1.49. The van der Waals surface area contributed by atoms with E-state index in [1.807, 2.05) is 20.8 Å². The largest absolute Gasteiger partial charge is 0.240 e.